The van der Waals surface area contributed by atoms with Crippen LogP contribution >= 0.6 is 11.8 Å². The number of fused-ring (bicyclic) bond motifs is 9. The van der Waals surface area contributed by atoms with Crippen molar-refractivity contribution in [1.29, 1.82) is 0 Å². The minimum Gasteiger partial charge on any atom is -0.310 e. The van der Waals surface area contributed by atoms with Gasteiger partial charge in [0.25, 0.3) is 0 Å². The number of nitrogens with zero attached hydrogens (tertiary/aromatic N) is 1. The molecule has 1 nitrogen and oxygen atoms in total. The second-order valence-electron chi connectivity index (χ2n) is 19.3. The zero-order chi connectivity index (χ0) is 36.2. The summed E-state index contributed by atoms with van der Waals surface area (Å²) in [4.78, 5) is 5.52. The highest BCUT2D eigenvalue weighted by Gasteiger charge is 2.84. The molecule has 1 heterocycles. The number of rotatable bonds is 4. The highest BCUT2D eigenvalue weighted by Crippen LogP contribution is 2.89. The fraction of sp³-hybridized carbons (Fsp3) is 0.346. The van der Waals surface area contributed by atoms with Gasteiger partial charge in [0.2, 0.25) is 0 Å². The first-order valence-corrected chi connectivity index (χ1v) is 21.4. The van der Waals surface area contributed by atoms with Crippen LogP contribution < -0.4 is 4.90 Å². The van der Waals surface area contributed by atoms with Gasteiger partial charge >= 0.3 is 0 Å². The first-order chi connectivity index (χ1) is 26.2. The molecule has 1 aliphatic heterocycles. The van der Waals surface area contributed by atoms with Crippen molar-refractivity contribution < 1.29 is 0 Å². The molecule has 6 aromatic rings. The van der Waals surface area contributed by atoms with Crippen molar-refractivity contribution in [3.05, 3.63) is 150 Å². The van der Waals surface area contributed by atoms with Gasteiger partial charge in [-0.3, -0.25) is 0 Å². The summed E-state index contributed by atoms with van der Waals surface area (Å²) in [6.45, 7) is 9.77. The standard InChI is InChI=1S/C52H49NS/c1-49(2)23-24-50(3,4)44-29-39(19-21-41(44)49)53(38-17-15-34(16-18-38)36-14-13-33-9-5-6-10-35(33)27-36)40-20-22-43-46(30-40)54-45-12-8-7-11-42(45)52(43)47-26-32-25-37-28-48(52)51(37,47)31-32/h5-22,27,29-30,32,37,47-48H,23-26,28,31H2,1-4H3. The minimum absolute atomic E-state index is 0.135. The monoisotopic (exact) mass is 719 g/mol. The molecule has 12 rings (SSSR count). The van der Waals surface area contributed by atoms with Crippen LogP contribution in [0.5, 0.6) is 0 Å². The lowest BCUT2D eigenvalue weighted by atomic mass is 9.26. The van der Waals surface area contributed by atoms with E-state index in [4.69, 9.17) is 0 Å². The highest BCUT2D eigenvalue weighted by atomic mass is 32.2. The Morgan fingerprint density at radius 2 is 1.17 bits per heavy atom. The third kappa shape index (κ3) is 4.03. The fourth-order valence-corrected chi connectivity index (χ4v) is 14.8. The number of hydrogen-bond acceptors (Lipinski definition) is 2. The Kier molecular flexibility index (Phi) is 6.36. The van der Waals surface area contributed by atoms with E-state index in [-0.39, 0.29) is 16.2 Å². The van der Waals surface area contributed by atoms with Crippen molar-refractivity contribution in [2.45, 2.75) is 92.3 Å². The average Bonchev–Trinajstić information content (AvgIpc) is 3.72. The molecule has 6 aromatic carbocycles. The van der Waals surface area contributed by atoms with Gasteiger partial charge in [0.05, 0.1) is 0 Å². The van der Waals surface area contributed by atoms with E-state index in [2.05, 4.69) is 160 Å². The first-order valence-electron chi connectivity index (χ1n) is 20.6. The summed E-state index contributed by atoms with van der Waals surface area (Å²) >= 11 is 2.02. The van der Waals surface area contributed by atoms with Crippen LogP contribution in [0.3, 0.4) is 0 Å². The second kappa shape index (κ2) is 10.7. The number of anilines is 3. The zero-order valence-electron chi connectivity index (χ0n) is 32.0. The van der Waals surface area contributed by atoms with Gasteiger partial charge in [-0.25, -0.2) is 0 Å². The third-order valence-electron chi connectivity index (χ3n) is 16.0. The molecule has 6 unspecified atom stereocenters. The Morgan fingerprint density at radius 1 is 0.519 bits per heavy atom. The second-order valence-corrected chi connectivity index (χ2v) is 20.4. The maximum atomic E-state index is 2.59. The van der Waals surface area contributed by atoms with E-state index in [1.165, 1.54) is 98.4 Å². The van der Waals surface area contributed by atoms with Crippen molar-refractivity contribution in [1.82, 2.24) is 0 Å². The van der Waals surface area contributed by atoms with Crippen molar-refractivity contribution in [3.63, 3.8) is 0 Å². The van der Waals surface area contributed by atoms with Crippen LogP contribution in [0.1, 0.15) is 88.5 Å². The van der Waals surface area contributed by atoms with Gasteiger partial charge < -0.3 is 4.90 Å². The summed E-state index contributed by atoms with van der Waals surface area (Å²) in [5.74, 6) is 3.57. The Morgan fingerprint density at radius 3 is 1.98 bits per heavy atom. The number of benzene rings is 6. The van der Waals surface area contributed by atoms with E-state index in [9.17, 15) is 0 Å². The Labute approximate surface area is 325 Å². The maximum Gasteiger partial charge on any atom is 0.0473 e. The third-order valence-corrected chi connectivity index (χ3v) is 17.2. The Bertz CT molecular complexity index is 2540. The maximum absolute atomic E-state index is 2.59. The molecule has 4 saturated carbocycles. The van der Waals surface area contributed by atoms with Gasteiger partial charge in [-0.05, 0) is 171 Å². The zero-order valence-corrected chi connectivity index (χ0v) is 32.8. The SMILES string of the molecule is CC1(C)CCC(C)(C)c2cc(N(c3ccc(-c4ccc5ccccc5c4)cc3)c3ccc4c(c3)Sc3ccccc3C43C4CC5CC6CC3C64C5)ccc21. The quantitative estimate of drug-likeness (QED) is 0.178. The summed E-state index contributed by atoms with van der Waals surface area (Å²) in [5.41, 5.74) is 13.7. The lowest BCUT2D eigenvalue weighted by Gasteiger charge is -2.78. The van der Waals surface area contributed by atoms with Gasteiger partial charge in [-0.1, -0.05) is 118 Å². The van der Waals surface area contributed by atoms with Crippen LogP contribution in [0.2, 0.25) is 0 Å². The van der Waals surface area contributed by atoms with Gasteiger partial charge in [0.15, 0.2) is 0 Å². The molecule has 54 heavy (non-hydrogen) atoms. The summed E-state index contributed by atoms with van der Waals surface area (Å²) in [6, 6.07) is 49.4. The fourth-order valence-electron chi connectivity index (χ4n) is 13.5. The summed E-state index contributed by atoms with van der Waals surface area (Å²) < 4.78 is 0. The van der Waals surface area contributed by atoms with Gasteiger partial charge in [0, 0.05) is 32.3 Å². The lowest BCUT2D eigenvalue weighted by Crippen LogP contribution is -2.74. The Balaban J connectivity index is 1.01. The van der Waals surface area contributed by atoms with Gasteiger partial charge in [-0.2, -0.15) is 0 Å². The predicted molar refractivity (Wildman–Crippen MR) is 226 cm³/mol. The van der Waals surface area contributed by atoms with E-state index < -0.39 is 0 Å². The summed E-state index contributed by atoms with van der Waals surface area (Å²) in [5, 5.41) is 2.57. The smallest absolute Gasteiger partial charge is 0.0473 e. The molecule has 5 aliphatic carbocycles. The molecular formula is C52H49NS. The molecule has 4 fully saturated rings. The van der Waals surface area contributed by atoms with E-state index in [1.807, 2.05) is 11.8 Å². The van der Waals surface area contributed by atoms with Crippen LogP contribution in [0, 0.1) is 29.1 Å². The normalized spacial score (nSPS) is 29.8. The van der Waals surface area contributed by atoms with Crippen LogP contribution in [0.25, 0.3) is 21.9 Å². The molecular weight excluding hydrogens is 671 g/mol. The molecule has 268 valence electrons. The van der Waals surface area contributed by atoms with E-state index in [0.717, 1.165) is 23.7 Å². The molecule has 2 heteroatoms. The van der Waals surface area contributed by atoms with Crippen LogP contribution in [-0.2, 0) is 16.2 Å². The molecule has 6 atom stereocenters. The topological polar surface area (TPSA) is 3.24 Å². The van der Waals surface area contributed by atoms with Crippen molar-refractivity contribution in [3.8, 4) is 11.1 Å². The van der Waals surface area contributed by atoms with Crippen molar-refractivity contribution in [2.24, 2.45) is 29.1 Å². The first kappa shape index (κ1) is 32.0. The molecule has 0 N–H and O–H groups in total. The minimum atomic E-state index is 0.135. The van der Waals surface area contributed by atoms with Crippen molar-refractivity contribution in [2.75, 3.05) is 4.90 Å². The molecule has 6 aliphatic rings. The van der Waals surface area contributed by atoms with E-state index >= 15 is 0 Å². The Hall–Kier alpha value is -4.27. The molecule has 0 saturated heterocycles. The van der Waals surface area contributed by atoms with Crippen LogP contribution in [-0.4, -0.2) is 0 Å². The van der Waals surface area contributed by atoms with Crippen LogP contribution in [0.15, 0.2) is 137 Å². The molecule has 2 spiro atoms. The van der Waals surface area contributed by atoms with Gasteiger partial charge in [0.1, 0.15) is 0 Å². The molecule has 0 aromatic heterocycles. The van der Waals surface area contributed by atoms with E-state index in [1.54, 1.807) is 11.1 Å². The lowest BCUT2D eigenvalue weighted by molar-refractivity contribution is -0.235. The molecule has 0 radical (unpaired) electrons. The summed E-state index contributed by atoms with van der Waals surface area (Å²) in [7, 11) is 0. The number of hydrogen-bond donors (Lipinski definition) is 0. The largest absolute Gasteiger partial charge is 0.310 e. The van der Waals surface area contributed by atoms with Crippen LogP contribution in [0.4, 0.5) is 17.1 Å². The summed E-state index contributed by atoms with van der Waals surface area (Å²) in [6.07, 6.45) is 8.32. The molecule has 2 bridgehead atoms. The molecule has 0 amide bonds. The van der Waals surface area contributed by atoms with Gasteiger partial charge in [-0.15, -0.1) is 0 Å². The highest BCUT2D eigenvalue weighted by molar-refractivity contribution is 7.99. The average molecular weight is 720 g/mol. The predicted octanol–water partition coefficient (Wildman–Crippen LogP) is 14.1. The van der Waals surface area contributed by atoms with E-state index in [0.29, 0.717) is 5.41 Å². The van der Waals surface area contributed by atoms with Crippen molar-refractivity contribution >= 4 is 39.6 Å².